The molecule has 0 atom stereocenters. The highest BCUT2D eigenvalue weighted by atomic mass is 35.5. The Bertz CT molecular complexity index is 519. The fourth-order valence-corrected chi connectivity index (χ4v) is 1.07. The van der Waals surface area contributed by atoms with Crippen LogP contribution >= 0.6 is 23.2 Å². The maximum Gasteiger partial charge on any atom is 0.313 e. The largest absolute Gasteiger partial charge is 0.464 e. The van der Waals surface area contributed by atoms with E-state index in [1.165, 1.54) is 18.4 Å². The Morgan fingerprint density at radius 3 is 2.50 bits per heavy atom. The molecule has 5 nitrogen and oxygen atoms in total. The van der Waals surface area contributed by atoms with Gasteiger partial charge in [-0.3, -0.25) is 14.9 Å². The lowest BCUT2D eigenvalue weighted by molar-refractivity contribution is -0.384. The third-order valence-corrected chi connectivity index (χ3v) is 1.65. The number of hydrogen-bond acceptors (Lipinski definition) is 4. The van der Waals surface area contributed by atoms with Gasteiger partial charge in [0.1, 0.15) is 5.58 Å². The first-order chi connectivity index (χ1) is 7.50. The van der Waals surface area contributed by atoms with E-state index in [1.807, 2.05) is 0 Å². The van der Waals surface area contributed by atoms with Crippen molar-refractivity contribution in [2.75, 3.05) is 0 Å². The number of nitro benzene ring substituents is 1. The van der Waals surface area contributed by atoms with Gasteiger partial charge in [-0.1, -0.05) is 0 Å². The van der Waals surface area contributed by atoms with Crippen molar-refractivity contribution in [3.63, 3.8) is 0 Å². The van der Waals surface area contributed by atoms with Gasteiger partial charge in [-0.15, -0.1) is 0 Å². The van der Waals surface area contributed by atoms with Gasteiger partial charge in [0.15, 0.2) is 0 Å². The van der Waals surface area contributed by atoms with Gasteiger partial charge >= 0.3 is 4.70 Å². The zero-order chi connectivity index (χ0) is 12.1. The summed E-state index contributed by atoms with van der Waals surface area (Å²) in [6.45, 7) is 0. The Balaban J connectivity index is 0.000000280. The average Bonchev–Trinajstić information content (AvgIpc) is 2.62. The number of rotatable bonds is 1. The zero-order valence-corrected chi connectivity index (χ0v) is 9.23. The normalized spacial score (nSPS) is 9.38. The Kier molecular flexibility index (Phi) is 4.28. The standard InChI is InChI=1S/C8H5NO3.CCl2O/c10-9(11)7-1-2-8-6(5-7)3-4-12-8;2-1(3)4/h1-5H;. The smallest absolute Gasteiger partial charge is 0.313 e. The average molecular weight is 262 g/mol. The van der Waals surface area contributed by atoms with Crippen molar-refractivity contribution < 1.29 is 14.1 Å². The predicted octanol–water partition coefficient (Wildman–Crippen LogP) is 3.93. The molecule has 0 aliphatic carbocycles. The van der Waals surface area contributed by atoms with Gasteiger partial charge in [-0.25, -0.2) is 0 Å². The maximum absolute atomic E-state index is 10.3. The van der Waals surface area contributed by atoms with E-state index in [1.54, 1.807) is 12.1 Å². The summed E-state index contributed by atoms with van der Waals surface area (Å²) in [5.41, 5.74) is 0.754. The first kappa shape index (κ1) is 12.5. The number of carbonyl (C=O) groups excluding carboxylic acids is 1. The number of furan rings is 1. The van der Waals surface area contributed by atoms with E-state index in [9.17, 15) is 10.1 Å². The molecule has 0 unspecified atom stereocenters. The number of nitrogens with zero attached hydrogens (tertiary/aromatic N) is 1. The van der Waals surface area contributed by atoms with Crippen LogP contribution in [0.2, 0.25) is 0 Å². The van der Waals surface area contributed by atoms with Crippen molar-refractivity contribution in [3.8, 4) is 0 Å². The van der Waals surface area contributed by atoms with Crippen molar-refractivity contribution in [1.82, 2.24) is 0 Å². The number of carbonyl (C=O) groups is 1. The van der Waals surface area contributed by atoms with Gasteiger partial charge in [0, 0.05) is 17.5 Å². The van der Waals surface area contributed by atoms with Gasteiger partial charge in [0.25, 0.3) is 5.69 Å². The van der Waals surface area contributed by atoms with Crippen LogP contribution in [0.15, 0.2) is 34.9 Å². The predicted molar refractivity (Wildman–Crippen MR) is 60.0 cm³/mol. The van der Waals surface area contributed by atoms with E-state index in [0.29, 0.717) is 5.58 Å². The van der Waals surface area contributed by atoms with E-state index < -0.39 is 9.62 Å². The molecule has 0 N–H and O–H groups in total. The molecule has 84 valence electrons. The van der Waals surface area contributed by atoms with Crippen LogP contribution in [-0.2, 0) is 0 Å². The second-order valence-electron chi connectivity index (χ2n) is 2.63. The van der Waals surface area contributed by atoms with Crippen LogP contribution in [0.25, 0.3) is 11.0 Å². The third kappa shape index (κ3) is 3.52. The van der Waals surface area contributed by atoms with E-state index in [-0.39, 0.29) is 5.69 Å². The highest BCUT2D eigenvalue weighted by Crippen LogP contribution is 2.20. The molecule has 2 rings (SSSR count). The van der Waals surface area contributed by atoms with Crippen LogP contribution in [0, 0.1) is 10.1 Å². The highest BCUT2D eigenvalue weighted by molar-refractivity contribution is 6.93. The molecule has 0 aliphatic heterocycles. The fourth-order valence-electron chi connectivity index (χ4n) is 1.07. The Hall–Kier alpha value is -1.59. The van der Waals surface area contributed by atoms with Gasteiger partial charge in [0.05, 0.1) is 11.2 Å². The number of halogens is 2. The summed E-state index contributed by atoms with van der Waals surface area (Å²) in [5.74, 6) is 0. The van der Waals surface area contributed by atoms with Crippen LogP contribution in [0.4, 0.5) is 10.5 Å². The van der Waals surface area contributed by atoms with E-state index >= 15 is 0 Å². The monoisotopic (exact) mass is 261 g/mol. The molecule has 0 amide bonds. The van der Waals surface area contributed by atoms with Crippen LogP contribution in [-0.4, -0.2) is 9.62 Å². The molecule has 1 aromatic heterocycles. The van der Waals surface area contributed by atoms with Crippen molar-refractivity contribution in [1.29, 1.82) is 0 Å². The molecule has 0 saturated carbocycles. The lowest BCUT2D eigenvalue weighted by atomic mass is 10.2. The Labute approximate surface area is 99.7 Å². The molecule has 0 spiro atoms. The Morgan fingerprint density at radius 1 is 1.31 bits per heavy atom. The van der Waals surface area contributed by atoms with Gasteiger partial charge < -0.3 is 4.42 Å². The second kappa shape index (κ2) is 5.48. The second-order valence-corrected chi connectivity index (χ2v) is 3.51. The molecule has 0 fully saturated rings. The minimum absolute atomic E-state index is 0.0869. The first-order valence-electron chi connectivity index (χ1n) is 3.97. The van der Waals surface area contributed by atoms with Crippen molar-refractivity contribution >= 4 is 44.6 Å². The minimum atomic E-state index is -0.889. The van der Waals surface area contributed by atoms with Crippen LogP contribution < -0.4 is 0 Å². The first-order valence-corrected chi connectivity index (χ1v) is 4.73. The summed E-state index contributed by atoms with van der Waals surface area (Å²) in [6.07, 6.45) is 1.51. The maximum atomic E-state index is 10.3. The van der Waals surface area contributed by atoms with Crippen LogP contribution in [0.3, 0.4) is 0 Å². The van der Waals surface area contributed by atoms with Crippen molar-refractivity contribution in [3.05, 3.63) is 40.6 Å². The summed E-state index contributed by atoms with van der Waals surface area (Å²) in [7, 11) is 0. The minimum Gasteiger partial charge on any atom is -0.464 e. The lowest BCUT2D eigenvalue weighted by Crippen LogP contribution is -1.85. The molecule has 0 radical (unpaired) electrons. The van der Waals surface area contributed by atoms with Crippen LogP contribution in [0.1, 0.15) is 0 Å². The van der Waals surface area contributed by atoms with E-state index in [2.05, 4.69) is 23.2 Å². The number of hydrogen-bond donors (Lipinski definition) is 0. The van der Waals surface area contributed by atoms with Gasteiger partial charge in [-0.2, -0.15) is 0 Å². The summed E-state index contributed by atoms with van der Waals surface area (Å²) >= 11 is 8.80. The molecule has 2 aromatic rings. The lowest BCUT2D eigenvalue weighted by Gasteiger charge is -1.89. The molecule has 7 heteroatoms. The van der Waals surface area contributed by atoms with E-state index in [0.717, 1.165) is 5.39 Å². The molecule has 16 heavy (non-hydrogen) atoms. The molecule has 1 heterocycles. The quantitative estimate of drug-likeness (QED) is 0.443. The third-order valence-electron chi connectivity index (χ3n) is 1.65. The number of fused-ring (bicyclic) bond motifs is 1. The highest BCUT2D eigenvalue weighted by Gasteiger charge is 2.06. The molecule has 0 bridgehead atoms. The number of non-ortho nitro benzene ring substituents is 1. The summed E-state index contributed by atoms with van der Waals surface area (Å²) in [4.78, 5) is 18.9. The van der Waals surface area contributed by atoms with Crippen molar-refractivity contribution in [2.45, 2.75) is 0 Å². The summed E-state index contributed by atoms with van der Waals surface area (Å²) in [6, 6.07) is 6.19. The number of nitro groups is 1. The SMILES string of the molecule is O=C(Cl)Cl.O=[N+]([O-])c1ccc2occc2c1. The van der Waals surface area contributed by atoms with Gasteiger partial charge in [0.2, 0.25) is 0 Å². The van der Waals surface area contributed by atoms with Crippen molar-refractivity contribution in [2.24, 2.45) is 0 Å². The Morgan fingerprint density at radius 2 is 1.94 bits per heavy atom. The van der Waals surface area contributed by atoms with Crippen LogP contribution in [0.5, 0.6) is 0 Å². The molecule has 0 saturated heterocycles. The number of benzene rings is 1. The van der Waals surface area contributed by atoms with Gasteiger partial charge in [-0.05, 0) is 35.3 Å². The molecular formula is C9H5Cl2NO4. The fraction of sp³-hybridized carbons (Fsp3) is 0. The summed E-state index contributed by atoms with van der Waals surface area (Å²) < 4.78 is 4.14. The summed E-state index contributed by atoms with van der Waals surface area (Å²) in [5, 5.41) is 11.1. The zero-order valence-electron chi connectivity index (χ0n) is 7.72. The van der Waals surface area contributed by atoms with E-state index in [4.69, 9.17) is 9.21 Å². The molecular weight excluding hydrogens is 257 g/mol. The topological polar surface area (TPSA) is 73.3 Å². The molecule has 1 aromatic carbocycles. The molecule has 0 aliphatic rings.